The number of allylic oxidation sites excluding steroid dienone is 3. The van der Waals surface area contributed by atoms with Crippen molar-refractivity contribution in [2.24, 2.45) is 11.3 Å². The summed E-state index contributed by atoms with van der Waals surface area (Å²) in [6, 6.07) is 33.0. The van der Waals surface area contributed by atoms with E-state index in [1.54, 1.807) is 0 Å². The van der Waals surface area contributed by atoms with Gasteiger partial charge in [0.15, 0.2) is 0 Å². The number of rotatable bonds is 3. The van der Waals surface area contributed by atoms with Gasteiger partial charge in [0, 0.05) is 27.6 Å². The van der Waals surface area contributed by atoms with E-state index in [9.17, 15) is 0 Å². The summed E-state index contributed by atoms with van der Waals surface area (Å²) in [7, 11) is 0. The van der Waals surface area contributed by atoms with Crippen molar-refractivity contribution in [3.63, 3.8) is 0 Å². The first kappa shape index (κ1) is 33.8. The topological polar surface area (TPSA) is 3.24 Å². The molecule has 3 aliphatic carbocycles. The molecule has 51 heavy (non-hydrogen) atoms. The Morgan fingerprint density at radius 3 is 1.90 bits per heavy atom. The molecular formula is C50H55N. The molecule has 0 saturated carbocycles. The zero-order valence-corrected chi connectivity index (χ0v) is 33.0. The minimum Gasteiger partial charge on any atom is -0.310 e. The van der Waals surface area contributed by atoms with Crippen LogP contribution >= 0.6 is 0 Å². The molecule has 0 aliphatic heterocycles. The van der Waals surface area contributed by atoms with Crippen LogP contribution < -0.4 is 4.90 Å². The maximum Gasteiger partial charge on any atom is 0.0543 e. The summed E-state index contributed by atoms with van der Waals surface area (Å²) in [6.07, 6.45) is 6.10. The Morgan fingerprint density at radius 2 is 1.24 bits per heavy atom. The molecule has 1 heteroatoms. The van der Waals surface area contributed by atoms with E-state index < -0.39 is 0 Å². The largest absolute Gasteiger partial charge is 0.310 e. The Morgan fingerprint density at radius 1 is 0.608 bits per heavy atom. The van der Waals surface area contributed by atoms with Crippen LogP contribution in [0.5, 0.6) is 0 Å². The number of fused-ring (bicyclic) bond motifs is 8. The van der Waals surface area contributed by atoms with Gasteiger partial charge in [-0.2, -0.15) is 0 Å². The highest BCUT2D eigenvalue weighted by molar-refractivity contribution is 6.10. The van der Waals surface area contributed by atoms with Crippen molar-refractivity contribution in [3.05, 3.63) is 142 Å². The minimum absolute atomic E-state index is 0.0423. The summed E-state index contributed by atoms with van der Waals surface area (Å²) >= 11 is 0. The van der Waals surface area contributed by atoms with Crippen LogP contribution in [0.25, 0.3) is 33.0 Å². The number of nitrogens with zero attached hydrogens (tertiary/aromatic N) is 1. The zero-order chi connectivity index (χ0) is 36.4. The molecule has 8 rings (SSSR count). The summed E-state index contributed by atoms with van der Waals surface area (Å²) in [6.45, 7) is 28.4. The van der Waals surface area contributed by atoms with Crippen LogP contribution in [0.3, 0.4) is 0 Å². The molecule has 1 unspecified atom stereocenters. The highest BCUT2D eigenvalue weighted by Gasteiger charge is 2.43. The maximum atomic E-state index is 2.60. The molecule has 0 saturated heterocycles. The second-order valence-corrected chi connectivity index (χ2v) is 18.8. The Kier molecular flexibility index (Phi) is 7.33. The van der Waals surface area contributed by atoms with Gasteiger partial charge in [-0.15, -0.1) is 0 Å². The monoisotopic (exact) mass is 669 g/mol. The summed E-state index contributed by atoms with van der Waals surface area (Å²) < 4.78 is 0. The highest BCUT2D eigenvalue weighted by Crippen LogP contribution is 2.59. The van der Waals surface area contributed by atoms with Gasteiger partial charge in [-0.3, -0.25) is 0 Å². The fourth-order valence-corrected chi connectivity index (χ4v) is 9.43. The summed E-state index contributed by atoms with van der Waals surface area (Å²) in [4.78, 5) is 2.60. The van der Waals surface area contributed by atoms with Gasteiger partial charge in [-0.05, 0) is 128 Å². The molecule has 5 aromatic rings. The molecular weight excluding hydrogens is 615 g/mol. The molecule has 0 amide bonds. The van der Waals surface area contributed by atoms with Crippen molar-refractivity contribution in [1.29, 1.82) is 0 Å². The zero-order valence-electron chi connectivity index (χ0n) is 33.0. The van der Waals surface area contributed by atoms with Crippen molar-refractivity contribution in [2.45, 2.75) is 106 Å². The van der Waals surface area contributed by atoms with E-state index in [0.717, 1.165) is 6.42 Å². The van der Waals surface area contributed by atoms with Crippen LogP contribution in [0.15, 0.2) is 108 Å². The van der Waals surface area contributed by atoms with E-state index in [1.165, 1.54) is 89.1 Å². The fourth-order valence-electron chi connectivity index (χ4n) is 9.43. The Hall–Kier alpha value is -4.36. The smallest absolute Gasteiger partial charge is 0.0543 e. The quantitative estimate of drug-likeness (QED) is 0.185. The third-order valence-electron chi connectivity index (χ3n) is 12.7. The lowest BCUT2D eigenvalue weighted by Crippen LogP contribution is -2.26. The number of benzene rings is 5. The average molecular weight is 670 g/mol. The van der Waals surface area contributed by atoms with Gasteiger partial charge >= 0.3 is 0 Å². The van der Waals surface area contributed by atoms with Crippen molar-refractivity contribution in [2.75, 3.05) is 4.90 Å². The van der Waals surface area contributed by atoms with E-state index in [2.05, 4.69) is 185 Å². The van der Waals surface area contributed by atoms with Gasteiger partial charge in [-0.1, -0.05) is 142 Å². The van der Waals surface area contributed by atoms with Gasteiger partial charge in [0.25, 0.3) is 0 Å². The van der Waals surface area contributed by atoms with Gasteiger partial charge in [0.05, 0.1) is 5.69 Å². The number of aryl methyl sites for hydroxylation is 1. The second-order valence-electron chi connectivity index (χ2n) is 18.8. The first-order valence-corrected chi connectivity index (χ1v) is 19.1. The first-order valence-electron chi connectivity index (χ1n) is 19.1. The normalized spacial score (nSPS) is 18.5. The Bertz CT molecular complexity index is 2320. The second kappa shape index (κ2) is 11.1. The average Bonchev–Trinajstić information content (AvgIpc) is 3.43. The molecule has 0 radical (unpaired) electrons. The van der Waals surface area contributed by atoms with Crippen LogP contribution in [-0.2, 0) is 16.2 Å². The maximum absolute atomic E-state index is 2.60. The van der Waals surface area contributed by atoms with Gasteiger partial charge in [0.2, 0.25) is 0 Å². The van der Waals surface area contributed by atoms with Crippen molar-refractivity contribution in [3.8, 4) is 22.3 Å². The number of hydrogen-bond donors (Lipinski definition) is 0. The SMILES string of the molecule is CC1=CC(C(C)(C)C)CC=C1N(c1ccc(C(C)(C)C)cc1C)c1cc2c(c3ccccc13)-c1cc3c(cc1C2(C)C)-c1ccccc1C3(C)C. The van der Waals surface area contributed by atoms with E-state index >= 15 is 0 Å². The van der Waals surface area contributed by atoms with Crippen LogP contribution in [-0.4, -0.2) is 0 Å². The molecule has 1 atom stereocenters. The fraction of sp³-hybridized carbons (Fsp3) is 0.360. The van der Waals surface area contributed by atoms with E-state index in [0.29, 0.717) is 5.92 Å². The molecule has 0 spiro atoms. The lowest BCUT2D eigenvalue weighted by molar-refractivity contribution is 0.291. The summed E-state index contributed by atoms with van der Waals surface area (Å²) in [5, 5.41) is 2.64. The first-order chi connectivity index (χ1) is 23.9. The lowest BCUT2D eigenvalue weighted by Gasteiger charge is -2.37. The van der Waals surface area contributed by atoms with Crippen molar-refractivity contribution in [1.82, 2.24) is 0 Å². The van der Waals surface area contributed by atoms with Crippen LogP contribution in [0.4, 0.5) is 11.4 Å². The van der Waals surface area contributed by atoms with E-state index in [4.69, 9.17) is 0 Å². The highest BCUT2D eigenvalue weighted by atomic mass is 15.2. The third kappa shape index (κ3) is 5.02. The molecule has 0 aromatic heterocycles. The standard InChI is InChI=1S/C50H55N/c1-30-25-32(47(3,4)5)21-23-43(30)51(44-24-22-33(26-31(44)2)48(6,7)8)45-29-42-46(36-19-14-13-18-35(36)45)38-28-40-37(27-41(38)50(42,11)12)34-17-15-16-20-39(34)49(40,9)10/h13-21,23-29,33H,22H2,1-12H3. The van der Waals surface area contributed by atoms with E-state index in [-0.39, 0.29) is 21.7 Å². The molecule has 5 aromatic carbocycles. The summed E-state index contributed by atoms with van der Waals surface area (Å²) in [5.74, 6) is 0.508. The number of anilines is 2. The summed E-state index contributed by atoms with van der Waals surface area (Å²) in [5.41, 5.74) is 19.3. The van der Waals surface area contributed by atoms with Crippen molar-refractivity contribution >= 4 is 22.1 Å². The predicted molar refractivity (Wildman–Crippen MR) is 220 cm³/mol. The molecule has 0 heterocycles. The molecule has 0 bridgehead atoms. The van der Waals surface area contributed by atoms with Crippen LogP contribution in [0.2, 0.25) is 0 Å². The lowest BCUT2D eigenvalue weighted by atomic mass is 9.75. The van der Waals surface area contributed by atoms with Gasteiger partial charge in [-0.25, -0.2) is 0 Å². The molecule has 1 nitrogen and oxygen atoms in total. The molecule has 3 aliphatic rings. The molecule has 0 N–H and O–H groups in total. The third-order valence-corrected chi connectivity index (χ3v) is 12.7. The Labute approximate surface area is 307 Å². The van der Waals surface area contributed by atoms with Crippen LogP contribution in [0.1, 0.15) is 116 Å². The van der Waals surface area contributed by atoms with Gasteiger partial charge in [0.1, 0.15) is 0 Å². The van der Waals surface area contributed by atoms with Crippen molar-refractivity contribution < 1.29 is 0 Å². The van der Waals surface area contributed by atoms with Gasteiger partial charge < -0.3 is 4.90 Å². The number of hydrogen-bond acceptors (Lipinski definition) is 1. The predicted octanol–water partition coefficient (Wildman–Crippen LogP) is 14.1. The van der Waals surface area contributed by atoms with Crippen LogP contribution in [0, 0.1) is 18.3 Å². The molecule has 0 fully saturated rings. The Balaban J connectivity index is 1.39. The molecule has 260 valence electrons. The van der Waals surface area contributed by atoms with E-state index in [1.807, 2.05) is 0 Å². The minimum atomic E-state index is -0.167.